The molecular formula is C15H23ClN2O2SSi. The topological polar surface area (TPSA) is 72.2 Å². The highest BCUT2D eigenvalue weighted by atomic mass is 35.5. The first-order valence-electron chi connectivity index (χ1n) is 7.09. The van der Waals surface area contributed by atoms with Crippen LogP contribution in [-0.2, 0) is 0 Å². The van der Waals surface area contributed by atoms with Gasteiger partial charge in [-0.05, 0) is 24.4 Å². The van der Waals surface area contributed by atoms with Crippen molar-refractivity contribution in [1.29, 1.82) is 0 Å². The van der Waals surface area contributed by atoms with Crippen molar-refractivity contribution in [2.24, 2.45) is 5.73 Å². The monoisotopic (exact) mass is 358 g/mol. The highest BCUT2D eigenvalue weighted by Crippen LogP contribution is 2.20. The molecule has 122 valence electrons. The van der Waals surface area contributed by atoms with Gasteiger partial charge in [-0.15, -0.1) is 0 Å². The molecule has 0 saturated heterocycles. The van der Waals surface area contributed by atoms with Crippen molar-refractivity contribution >= 4 is 43.3 Å². The van der Waals surface area contributed by atoms with Crippen LogP contribution in [0, 0.1) is 0 Å². The molecule has 0 saturated carbocycles. The third-order valence-electron chi connectivity index (χ3n) is 2.79. The minimum Gasteiger partial charge on any atom is -0.366 e. The summed E-state index contributed by atoms with van der Waals surface area (Å²) in [4.78, 5) is 23.8. The number of carbonyl (C=O) groups excluding carboxylic acids is 2. The fraction of sp³-hybridized carbons (Fsp3) is 0.467. The summed E-state index contributed by atoms with van der Waals surface area (Å²) in [6, 6.07) is 4.75. The average Bonchev–Trinajstić information content (AvgIpc) is 2.36. The minimum atomic E-state index is -1.09. The van der Waals surface area contributed by atoms with E-state index in [9.17, 15) is 9.59 Å². The van der Waals surface area contributed by atoms with E-state index in [1.807, 2.05) is 18.7 Å². The molecule has 1 aromatic carbocycles. The van der Waals surface area contributed by atoms with Gasteiger partial charge in [-0.25, -0.2) is 0 Å². The number of benzene rings is 1. The third-order valence-corrected chi connectivity index (χ3v) is 8.12. The maximum absolute atomic E-state index is 12.3. The number of primary amides is 1. The van der Waals surface area contributed by atoms with Gasteiger partial charge in [0.2, 0.25) is 0 Å². The summed E-state index contributed by atoms with van der Waals surface area (Å²) >= 11 is 7.81. The van der Waals surface area contributed by atoms with Gasteiger partial charge in [0.25, 0.3) is 11.8 Å². The summed E-state index contributed by atoms with van der Waals surface area (Å²) in [7, 11) is -1.09. The Bertz CT molecular complexity index is 561. The van der Waals surface area contributed by atoms with Crippen molar-refractivity contribution in [2.75, 3.05) is 11.1 Å². The van der Waals surface area contributed by atoms with Gasteiger partial charge < -0.3 is 11.1 Å². The van der Waals surface area contributed by atoms with Gasteiger partial charge >= 0.3 is 0 Å². The molecule has 7 heteroatoms. The molecule has 4 nitrogen and oxygen atoms in total. The number of carbonyl (C=O) groups is 2. The molecule has 1 unspecified atom stereocenters. The van der Waals surface area contributed by atoms with Crippen molar-refractivity contribution in [1.82, 2.24) is 5.32 Å². The molecule has 0 spiro atoms. The zero-order chi connectivity index (χ0) is 16.9. The summed E-state index contributed by atoms with van der Waals surface area (Å²) in [5.41, 5.74) is 5.61. The second kappa shape index (κ2) is 8.03. The lowest BCUT2D eigenvalue weighted by Crippen LogP contribution is -2.36. The fourth-order valence-corrected chi connectivity index (χ4v) is 5.47. The Balaban J connectivity index is 2.70. The Morgan fingerprint density at radius 3 is 2.55 bits per heavy atom. The lowest BCUT2D eigenvalue weighted by atomic mass is 10.1. The number of thioether (sulfide) groups is 1. The van der Waals surface area contributed by atoms with Gasteiger partial charge in [0.1, 0.15) is 0 Å². The predicted molar refractivity (Wildman–Crippen MR) is 97.6 cm³/mol. The molecule has 3 N–H and O–H groups in total. The molecule has 0 heterocycles. The van der Waals surface area contributed by atoms with Gasteiger partial charge in [0, 0.05) is 11.8 Å². The lowest BCUT2D eigenvalue weighted by Gasteiger charge is -2.18. The molecule has 0 aliphatic heterocycles. The molecule has 1 rings (SSSR count). The molecule has 2 amide bonds. The van der Waals surface area contributed by atoms with Crippen LogP contribution in [0.25, 0.3) is 0 Å². The van der Waals surface area contributed by atoms with Crippen molar-refractivity contribution in [3.05, 3.63) is 34.3 Å². The Morgan fingerprint density at radius 1 is 1.36 bits per heavy atom. The van der Waals surface area contributed by atoms with Gasteiger partial charge in [-0.1, -0.05) is 37.3 Å². The molecule has 0 aromatic heterocycles. The maximum Gasteiger partial charge on any atom is 0.252 e. The van der Waals surface area contributed by atoms with Crippen LogP contribution in [-0.4, -0.2) is 37.1 Å². The number of nitrogens with one attached hydrogen (secondary N) is 1. The quantitative estimate of drug-likeness (QED) is 0.735. The van der Waals surface area contributed by atoms with Crippen LogP contribution in [0.2, 0.25) is 24.7 Å². The number of amides is 2. The van der Waals surface area contributed by atoms with Gasteiger partial charge in [-0.3, -0.25) is 9.59 Å². The minimum absolute atomic E-state index is 0.00792. The highest BCUT2D eigenvalue weighted by Gasteiger charge is 2.20. The molecule has 0 radical (unpaired) electrons. The second-order valence-electron chi connectivity index (χ2n) is 6.48. The zero-order valence-corrected chi connectivity index (χ0v) is 16.0. The van der Waals surface area contributed by atoms with Crippen LogP contribution in [0.1, 0.15) is 27.6 Å². The van der Waals surface area contributed by atoms with Crippen LogP contribution in [0.5, 0.6) is 0 Å². The van der Waals surface area contributed by atoms with E-state index in [1.165, 1.54) is 0 Å². The van der Waals surface area contributed by atoms with E-state index < -0.39 is 14.0 Å². The Hall–Kier alpha value is -0.983. The first-order valence-corrected chi connectivity index (χ1v) is 12.3. The standard InChI is InChI=1S/C15H23ClN2O2SSi/c1-10(8-21-9-22(2,3)4)18-15(20)11-6-5-7-12(16)13(11)14(17)19/h5-7,10H,8-9H2,1-4H3,(H2,17,19)(H,18,20). The molecular weight excluding hydrogens is 336 g/mol. The van der Waals surface area contributed by atoms with E-state index in [4.69, 9.17) is 17.3 Å². The number of halogens is 1. The van der Waals surface area contributed by atoms with E-state index in [2.05, 4.69) is 25.0 Å². The Morgan fingerprint density at radius 2 is 2.00 bits per heavy atom. The smallest absolute Gasteiger partial charge is 0.252 e. The van der Waals surface area contributed by atoms with Gasteiger partial charge in [0.15, 0.2) is 0 Å². The Labute approximate surface area is 142 Å². The summed E-state index contributed by atoms with van der Waals surface area (Å²) in [5, 5.41) is 4.24. The zero-order valence-electron chi connectivity index (χ0n) is 13.4. The van der Waals surface area contributed by atoms with Crippen molar-refractivity contribution in [3.63, 3.8) is 0 Å². The number of rotatable bonds is 7. The summed E-state index contributed by atoms with van der Waals surface area (Å²) in [6.45, 7) is 8.89. The van der Waals surface area contributed by atoms with Crippen molar-refractivity contribution in [2.45, 2.75) is 32.6 Å². The second-order valence-corrected chi connectivity index (χ2v) is 13.9. The Kier molecular flexibility index (Phi) is 6.96. The van der Waals surface area contributed by atoms with Crippen LogP contribution >= 0.6 is 23.4 Å². The molecule has 0 aliphatic carbocycles. The van der Waals surface area contributed by atoms with E-state index in [-0.39, 0.29) is 28.1 Å². The third kappa shape index (κ3) is 6.02. The largest absolute Gasteiger partial charge is 0.366 e. The van der Waals surface area contributed by atoms with Gasteiger partial charge in [-0.2, -0.15) is 11.8 Å². The van der Waals surface area contributed by atoms with Crippen molar-refractivity contribution in [3.8, 4) is 0 Å². The van der Waals surface area contributed by atoms with E-state index in [0.29, 0.717) is 0 Å². The summed E-state index contributed by atoms with van der Waals surface area (Å²) in [6.07, 6.45) is 0. The lowest BCUT2D eigenvalue weighted by molar-refractivity contribution is 0.0928. The predicted octanol–water partition coefficient (Wildman–Crippen LogP) is 3.17. The van der Waals surface area contributed by atoms with Crippen LogP contribution < -0.4 is 11.1 Å². The summed E-state index contributed by atoms with van der Waals surface area (Å²) < 4.78 is 0. The highest BCUT2D eigenvalue weighted by molar-refractivity contribution is 8.00. The normalized spacial score (nSPS) is 12.8. The van der Waals surface area contributed by atoms with Crippen LogP contribution in [0.3, 0.4) is 0 Å². The fourth-order valence-electron chi connectivity index (χ4n) is 1.85. The number of hydrogen-bond acceptors (Lipinski definition) is 3. The average molecular weight is 359 g/mol. The van der Waals surface area contributed by atoms with Crippen LogP contribution in [0.4, 0.5) is 0 Å². The van der Waals surface area contributed by atoms with Crippen LogP contribution in [0.15, 0.2) is 18.2 Å². The number of nitrogens with two attached hydrogens (primary N) is 1. The molecule has 1 atom stereocenters. The molecule has 0 fully saturated rings. The van der Waals surface area contributed by atoms with E-state index in [1.54, 1.807) is 18.2 Å². The molecule has 0 aliphatic rings. The summed E-state index contributed by atoms with van der Waals surface area (Å²) in [5.74, 6) is -0.184. The van der Waals surface area contributed by atoms with Crippen molar-refractivity contribution < 1.29 is 9.59 Å². The maximum atomic E-state index is 12.3. The van der Waals surface area contributed by atoms with E-state index >= 15 is 0 Å². The molecule has 22 heavy (non-hydrogen) atoms. The van der Waals surface area contributed by atoms with Gasteiger partial charge in [0.05, 0.1) is 24.2 Å². The number of hydrogen-bond donors (Lipinski definition) is 2. The SMILES string of the molecule is CC(CSC[Si](C)(C)C)NC(=O)c1cccc(Cl)c1C(N)=O. The van der Waals surface area contributed by atoms with E-state index in [0.717, 1.165) is 11.1 Å². The first-order chi connectivity index (χ1) is 10.1. The molecule has 1 aromatic rings. The molecule has 0 bridgehead atoms. The first kappa shape index (κ1) is 19.1.